The van der Waals surface area contributed by atoms with Crippen LogP contribution in [0.2, 0.25) is 0 Å². The van der Waals surface area contributed by atoms with Crippen molar-refractivity contribution >= 4 is 29.3 Å². The second kappa shape index (κ2) is 14.7. The van der Waals surface area contributed by atoms with Crippen LogP contribution >= 0.6 is 0 Å². The Morgan fingerprint density at radius 1 is 1.25 bits per heavy atom. The number of rotatable bonds is 9. The minimum atomic E-state index is -0.559. The van der Waals surface area contributed by atoms with Gasteiger partial charge in [0.1, 0.15) is 5.82 Å². The van der Waals surface area contributed by atoms with Crippen LogP contribution in [-0.2, 0) is 9.59 Å². The normalized spacial score (nSPS) is 17.6. The average molecular weight is 543 g/mol. The highest BCUT2D eigenvalue weighted by Gasteiger charge is 2.27. The molecule has 40 heavy (non-hydrogen) atoms. The van der Waals surface area contributed by atoms with Gasteiger partial charge < -0.3 is 26.2 Å². The number of nitrogens with zero attached hydrogens (tertiary/aromatic N) is 4. The van der Waals surface area contributed by atoms with Gasteiger partial charge in [-0.1, -0.05) is 30.4 Å². The number of amides is 2. The maximum atomic E-state index is 13.1. The van der Waals surface area contributed by atoms with Gasteiger partial charge in [0.2, 0.25) is 17.8 Å². The summed E-state index contributed by atoms with van der Waals surface area (Å²) in [7, 11) is 7.18. The largest absolute Gasteiger partial charge is 0.372 e. The Hall–Kier alpha value is -4.41. The molecule has 1 fully saturated rings. The van der Waals surface area contributed by atoms with E-state index in [1.165, 1.54) is 0 Å². The van der Waals surface area contributed by atoms with E-state index in [-0.39, 0.29) is 23.8 Å². The van der Waals surface area contributed by atoms with Crippen molar-refractivity contribution in [1.82, 2.24) is 25.5 Å². The summed E-state index contributed by atoms with van der Waals surface area (Å²) < 4.78 is 0. The smallest absolute Gasteiger partial charge is 0.247 e. The molecule has 1 aliphatic carbocycles. The van der Waals surface area contributed by atoms with E-state index in [1.54, 1.807) is 45.4 Å². The zero-order valence-corrected chi connectivity index (χ0v) is 23.8. The molecule has 0 unspecified atom stereocenters. The molecule has 1 aromatic heterocycles. The van der Waals surface area contributed by atoms with Gasteiger partial charge >= 0.3 is 0 Å². The van der Waals surface area contributed by atoms with Gasteiger partial charge in [-0.15, -0.1) is 0 Å². The molecule has 0 saturated heterocycles. The number of nitrogens with one attached hydrogen (secondary N) is 4. The first-order valence-corrected chi connectivity index (χ1v) is 13.4. The number of hydrogen-bond donors (Lipinski definition) is 4. The van der Waals surface area contributed by atoms with Crippen molar-refractivity contribution in [3.63, 3.8) is 0 Å². The fourth-order valence-corrected chi connectivity index (χ4v) is 4.51. The Balaban J connectivity index is 1.65. The number of carbonyl (C=O) groups is 2. The van der Waals surface area contributed by atoms with Crippen LogP contribution in [0.25, 0.3) is 0 Å². The second-order valence-corrected chi connectivity index (χ2v) is 10.1. The minimum absolute atomic E-state index is 0.00134. The van der Waals surface area contributed by atoms with Crippen LogP contribution in [0.3, 0.4) is 0 Å². The summed E-state index contributed by atoms with van der Waals surface area (Å²) in [6.45, 7) is 2.34. The number of aromatic nitrogens is 2. The highest BCUT2D eigenvalue weighted by atomic mass is 16.2. The molecule has 4 N–H and O–H groups in total. The third kappa shape index (κ3) is 8.55. The SMILES string of the molecule is CNC(=O)C(=CCN(C)C)[C@H](C)C(=O)N[C@H]1CCC[C@@H](C#Cc2cnc(Nc3cccc(C#N)c3)nc2NC)C1. The van der Waals surface area contributed by atoms with Crippen molar-refractivity contribution in [1.29, 1.82) is 5.26 Å². The van der Waals surface area contributed by atoms with Crippen LogP contribution in [0.5, 0.6) is 0 Å². The molecule has 1 aromatic carbocycles. The Morgan fingerprint density at radius 3 is 2.75 bits per heavy atom. The number of hydrogen-bond acceptors (Lipinski definition) is 8. The monoisotopic (exact) mass is 542 g/mol. The Kier molecular flexibility index (Phi) is 11.0. The van der Waals surface area contributed by atoms with Crippen molar-refractivity contribution < 1.29 is 9.59 Å². The number of carbonyl (C=O) groups excluding carboxylic acids is 2. The zero-order chi connectivity index (χ0) is 29.1. The molecule has 2 aromatic rings. The van der Waals surface area contributed by atoms with Crippen LogP contribution < -0.4 is 21.3 Å². The summed E-state index contributed by atoms with van der Waals surface area (Å²) >= 11 is 0. The minimum Gasteiger partial charge on any atom is -0.372 e. The maximum Gasteiger partial charge on any atom is 0.247 e. The van der Waals surface area contributed by atoms with E-state index in [4.69, 9.17) is 5.26 Å². The number of anilines is 3. The fraction of sp³-hybridized carbons (Fsp3) is 0.433. The first kappa shape index (κ1) is 30.1. The molecule has 1 saturated carbocycles. The van der Waals surface area contributed by atoms with E-state index < -0.39 is 5.92 Å². The summed E-state index contributed by atoms with van der Waals surface area (Å²) in [6, 6.07) is 9.22. The second-order valence-electron chi connectivity index (χ2n) is 10.1. The predicted molar refractivity (Wildman–Crippen MR) is 157 cm³/mol. The number of nitriles is 1. The third-order valence-electron chi connectivity index (χ3n) is 6.73. The molecule has 10 heteroatoms. The van der Waals surface area contributed by atoms with Gasteiger partial charge in [-0.25, -0.2) is 4.98 Å². The van der Waals surface area contributed by atoms with Crippen molar-refractivity contribution in [2.75, 3.05) is 45.4 Å². The highest BCUT2D eigenvalue weighted by molar-refractivity contribution is 5.99. The summed E-state index contributed by atoms with van der Waals surface area (Å²) in [5.74, 6) is 6.74. The third-order valence-corrected chi connectivity index (χ3v) is 6.73. The first-order chi connectivity index (χ1) is 19.2. The van der Waals surface area contributed by atoms with Gasteiger partial charge in [0, 0.05) is 43.9 Å². The van der Waals surface area contributed by atoms with E-state index >= 15 is 0 Å². The summed E-state index contributed by atoms with van der Waals surface area (Å²) in [5.41, 5.74) is 2.42. The summed E-state index contributed by atoms with van der Waals surface area (Å²) in [5, 5.41) is 21.1. The topological polar surface area (TPSA) is 135 Å². The molecular formula is C30H38N8O2. The standard InChI is InChI=1S/C30H38N8O2/c1-20(26(29(40)33-3)14-15-38(4)5)28(39)35-24-10-6-8-21(16-24)12-13-23-19-34-30(37-27(23)32-2)36-25-11-7-9-22(17-25)18-31/h7,9,11,14,17,19-21,24H,6,8,10,15-16H2,1-5H3,(H,33,40)(H,35,39)(H2,32,34,36,37)/t20-,21-,24-/m0/s1. The fourth-order valence-electron chi connectivity index (χ4n) is 4.51. The molecule has 0 aliphatic heterocycles. The lowest BCUT2D eigenvalue weighted by atomic mass is 9.85. The van der Waals surface area contributed by atoms with Crippen LogP contribution in [0.1, 0.15) is 43.7 Å². The lowest BCUT2D eigenvalue weighted by Gasteiger charge is -2.28. The van der Waals surface area contributed by atoms with Crippen molar-refractivity contribution in [2.45, 2.75) is 38.6 Å². The molecule has 0 spiro atoms. The number of likely N-dealkylation sites (N-methyl/N-ethyl adjacent to an activating group) is 2. The van der Waals surface area contributed by atoms with Gasteiger partial charge in [0.15, 0.2) is 0 Å². The Morgan fingerprint density at radius 2 is 2.05 bits per heavy atom. The summed E-state index contributed by atoms with van der Waals surface area (Å²) in [4.78, 5) is 36.3. The highest BCUT2D eigenvalue weighted by Crippen LogP contribution is 2.25. The lowest BCUT2D eigenvalue weighted by Crippen LogP contribution is -2.42. The molecule has 10 nitrogen and oxygen atoms in total. The van der Waals surface area contributed by atoms with Gasteiger partial charge in [-0.05, 0) is 58.5 Å². The van der Waals surface area contributed by atoms with Gasteiger partial charge in [0.25, 0.3) is 0 Å². The molecular weight excluding hydrogens is 504 g/mol. The first-order valence-electron chi connectivity index (χ1n) is 13.4. The Labute approximate surface area is 236 Å². The molecule has 0 bridgehead atoms. The van der Waals surface area contributed by atoms with Crippen LogP contribution in [0, 0.1) is 35.0 Å². The van der Waals surface area contributed by atoms with Crippen LogP contribution in [0.4, 0.5) is 17.5 Å². The van der Waals surface area contributed by atoms with Crippen molar-refractivity contribution in [3.8, 4) is 17.9 Å². The predicted octanol–water partition coefficient (Wildman–Crippen LogP) is 3.03. The van der Waals surface area contributed by atoms with Gasteiger partial charge in [0.05, 0.1) is 29.3 Å². The van der Waals surface area contributed by atoms with E-state index in [9.17, 15) is 9.59 Å². The quantitative estimate of drug-likeness (QED) is 0.281. The summed E-state index contributed by atoms with van der Waals surface area (Å²) in [6.07, 6.45) is 7.01. The molecule has 1 heterocycles. The van der Waals surface area contributed by atoms with Crippen molar-refractivity contribution in [2.24, 2.45) is 11.8 Å². The molecule has 2 amide bonds. The van der Waals surface area contributed by atoms with Gasteiger partial charge in [-0.3, -0.25) is 9.59 Å². The van der Waals surface area contributed by atoms with Gasteiger partial charge in [-0.2, -0.15) is 10.2 Å². The Bertz CT molecular complexity index is 1340. The van der Waals surface area contributed by atoms with E-state index in [0.29, 0.717) is 35.0 Å². The number of benzene rings is 1. The average Bonchev–Trinajstić information content (AvgIpc) is 2.96. The molecule has 3 atom stereocenters. The maximum absolute atomic E-state index is 13.1. The molecule has 1 aliphatic rings. The zero-order valence-electron chi connectivity index (χ0n) is 23.8. The van der Waals surface area contributed by atoms with E-state index in [0.717, 1.165) is 31.4 Å². The molecule has 210 valence electrons. The van der Waals surface area contributed by atoms with E-state index in [2.05, 4.69) is 49.1 Å². The van der Waals surface area contributed by atoms with Crippen LogP contribution in [0.15, 0.2) is 42.1 Å². The van der Waals surface area contributed by atoms with Crippen LogP contribution in [-0.4, -0.2) is 67.5 Å². The van der Waals surface area contributed by atoms with E-state index in [1.807, 2.05) is 31.1 Å². The van der Waals surface area contributed by atoms with Crippen molar-refractivity contribution in [3.05, 3.63) is 53.2 Å². The lowest BCUT2D eigenvalue weighted by molar-refractivity contribution is -0.126. The molecule has 0 radical (unpaired) electrons. The molecule has 3 rings (SSSR count).